The molecule has 3 aliphatic heterocycles. The lowest BCUT2D eigenvalue weighted by Crippen LogP contribution is -2.47. The Kier molecular flexibility index (Phi) is 5.39. The van der Waals surface area contributed by atoms with Crippen molar-refractivity contribution in [3.05, 3.63) is 23.8 Å². The third-order valence-corrected chi connectivity index (χ3v) is 6.16. The largest absolute Gasteiger partial charge is 0.497 e. The van der Waals surface area contributed by atoms with Crippen LogP contribution in [0.1, 0.15) is 31.2 Å². The molecule has 3 aliphatic rings. The average Bonchev–Trinajstić information content (AvgIpc) is 3.01. The molecule has 1 aromatic carbocycles. The molecule has 26 heavy (non-hydrogen) atoms. The van der Waals surface area contributed by atoms with Crippen LogP contribution in [-0.2, 0) is 11.3 Å². The van der Waals surface area contributed by atoms with Crippen molar-refractivity contribution in [1.29, 1.82) is 0 Å². The normalized spacial score (nSPS) is 30.5. The molecule has 0 N–H and O–H groups in total. The lowest BCUT2D eigenvalue weighted by Gasteiger charge is -2.36. The molecule has 5 nitrogen and oxygen atoms in total. The Balaban J connectivity index is 1.62. The van der Waals surface area contributed by atoms with Gasteiger partial charge in [0.1, 0.15) is 17.1 Å². The quantitative estimate of drug-likeness (QED) is 0.828. The zero-order chi connectivity index (χ0) is 18.0. The summed E-state index contributed by atoms with van der Waals surface area (Å²) < 4.78 is 17.8. The summed E-state index contributed by atoms with van der Waals surface area (Å²) in [5.74, 6) is 2.60. The second-order valence-electron chi connectivity index (χ2n) is 8.31. The number of ether oxygens (including phenoxy) is 3. The lowest BCUT2D eigenvalue weighted by molar-refractivity contribution is 0.0196. The van der Waals surface area contributed by atoms with Crippen LogP contribution in [0.4, 0.5) is 0 Å². The Bertz CT molecular complexity index is 617. The van der Waals surface area contributed by atoms with E-state index < -0.39 is 0 Å². The van der Waals surface area contributed by atoms with Crippen LogP contribution in [0.5, 0.6) is 11.5 Å². The van der Waals surface area contributed by atoms with Crippen molar-refractivity contribution in [2.45, 2.75) is 37.8 Å². The molecule has 0 saturated carbocycles. The van der Waals surface area contributed by atoms with Gasteiger partial charge in [0.05, 0.1) is 13.7 Å². The van der Waals surface area contributed by atoms with Gasteiger partial charge in [-0.2, -0.15) is 0 Å². The number of fused-ring (bicyclic) bond motifs is 1. The van der Waals surface area contributed by atoms with E-state index in [2.05, 4.69) is 29.0 Å². The summed E-state index contributed by atoms with van der Waals surface area (Å²) in [4.78, 5) is 5.04. The summed E-state index contributed by atoms with van der Waals surface area (Å²) in [7, 11) is 3.96. The molecule has 144 valence electrons. The highest BCUT2D eigenvalue weighted by molar-refractivity contribution is 5.41. The zero-order valence-corrected chi connectivity index (χ0v) is 16.2. The van der Waals surface area contributed by atoms with Crippen molar-refractivity contribution in [1.82, 2.24) is 9.80 Å². The number of hydrogen-bond acceptors (Lipinski definition) is 5. The van der Waals surface area contributed by atoms with E-state index in [4.69, 9.17) is 14.2 Å². The maximum absolute atomic E-state index is 6.75. The number of rotatable bonds is 3. The molecule has 0 unspecified atom stereocenters. The number of likely N-dealkylation sites (tertiary alicyclic amines) is 1. The molecule has 2 saturated heterocycles. The highest BCUT2D eigenvalue weighted by Gasteiger charge is 2.39. The summed E-state index contributed by atoms with van der Waals surface area (Å²) in [5.41, 5.74) is 1.17. The van der Waals surface area contributed by atoms with Crippen LogP contribution >= 0.6 is 0 Å². The van der Waals surface area contributed by atoms with Crippen molar-refractivity contribution in [3.8, 4) is 11.5 Å². The van der Waals surface area contributed by atoms with Crippen LogP contribution in [-0.4, -0.2) is 69.0 Å². The smallest absolute Gasteiger partial charge is 0.124 e. The topological polar surface area (TPSA) is 34.2 Å². The first-order chi connectivity index (χ1) is 12.7. The second kappa shape index (κ2) is 7.75. The van der Waals surface area contributed by atoms with E-state index in [9.17, 15) is 0 Å². The predicted octanol–water partition coefficient (Wildman–Crippen LogP) is 2.78. The Labute approximate surface area is 157 Å². The predicted molar refractivity (Wildman–Crippen MR) is 102 cm³/mol. The molecule has 2 fully saturated rings. The summed E-state index contributed by atoms with van der Waals surface area (Å²) in [6, 6.07) is 6.28. The first kappa shape index (κ1) is 18.1. The molecule has 4 rings (SSSR count). The summed E-state index contributed by atoms with van der Waals surface area (Å²) in [6.45, 7) is 7.11. The van der Waals surface area contributed by atoms with Crippen molar-refractivity contribution in [2.24, 2.45) is 5.92 Å². The van der Waals surface area contributed by atoms with Gasteiger partial charge in [0.15, 0.2) is 0 Å². The minimum Gasteiger partial charge on any atom is -0.497 e. The molecule has 0 amide bonds. The molecular weight excluding hydrogens is 328 g/mol. The van der Waals surface area contributed by atoms with Gasteiger partial charge in [0.2, 0.25) is 0 Å². The standard InChI is InChI=1S/C21H32N2O3/c1-22-9-3-7-21(8-10-22)16-23(13-17-6-11-25-15-17)14-18-12-19(24-2)4-5-20(18)26-21/h4-5,12,17H,3,6-11,13-16H2,1-2H3/t17-,21-/m0/s1. The Morgan fingerprint density at radius 2 is 2.19 bits per heavy atom. The average molecular weight is 360 g/mol. The molecule has 0 bridgehead atoms. The van der Waals surface area contributed by atoms with Gasteiger partial charge >= 0.3 is 0 Å². The molecule has 3 heterocycles. The fourth-order valence-electron chi connectivity index (χ4n) is 4.66. The van der Waals surface area contributed by atoms with Gasteiger partial charge in [0.25, 0.3) is 0 Å². The van der Waals surface area contributed by atoms with Crippen LogP contribution in [0.3, 0.4) is 0 Å². The maximum Gasteiger partial charge on any atom is 0.124 e. The Hall–Kier alpha value is -1.30. The number of benzene rings is 1. The monoisotopic (exact) mass is 360 g/mol. The lowest BCUT2D eigenvalue weighted by atomic mass is 9.93. The van der Waals surface area contributed by atoms with Crippen LogP contribution in [0.15, 0.2) is 18.2 Å². The van der Waals surface area contributed by atoms with Crippen LogP contribution in [0, 0.1) is 5.92 Å². The van der Waals surface area contributed by atoms with E-state index in [1.165, 1.54) is 18.4 Å². The molecule has 0 radical (unpaired) electrons. The van der Waals surface area contributed by atoms with E-state index >= 15 is 0 Å². The van der Waals surface area contributed by atoms with Crippen molar-refractivity contribution in [3.63, 3.8) is 0 Å². The minimum atomic E-state index is -0.0793. The SMILES string of the molecule is COc1ccc2c(c1)CN(C[C@@H]1CCOC1)C[C@@]1(CCCN(C)CC1)O2. The first-order valence-electron chi connectivity index (χ1n) is 10.0. The first-order valence-corrected chi connectivity index (χ1v) is 10.0. The maximum atomic E-state index is 6.75. The fourth-order valence-corrected chi connectivity index (χ4v) is 4.66. The molecule has 0 aliphatic carbocycles. The van der Waals surface area contributed by atoms with Gasteiger partial charge in [0, 0.05) is 44.8 Å². The number of hydrogen-bond donors (Lipinski definition) is 0. The van der Waals surface area contributed by atoms with Crippen molar-refractivity contribution in [2.75, 3.05) is 53.6 Å². The van der Waals surface area contributed by atoms with Crippen LogP contribution in [0.25, 0.3) is 0 Å². The van der Waals surface area contributed by atoms with Gasteiger partial charge in [-0.15, -0.1) is 0 Å². The van der Waals surface area contributed by atoms with Gasteiger partial charge in [-0.25, -0.2) is 0 Å². The van der Waals surface area contributed by atoms with E-state index in [0.29, 0.717) is 5.92 Å². The van der Waals surface area contributed by atoms with E-state index in [0.717, 1.165) is 70.3 Å². The van der Waals surface area contributed by atoms with Gasteiger partial charge in [-0.3, -0.25) is 4.90 Å². The van der Waals surface area contributed by atoms with E-state index in [1.54, 1.807) is 7.11 Å². The zero-order valence-electron chi connectivity index (χ0n) is 16.2. The van der Waals surface area contributed by atoms with E-state index in [1.807, 2.05) is 6.07 Å². The third kappa shape index (κ3) is 4.00. The summed E-state index contributed by atoms with van der Waals surface area (Å²) in [6.07, 6.45) is 4.59. The molecule has 1 spiro atoms. The highest BCUT2D eigenvalue weighted by Crippen LogP contribution is 2.37. The van der Waals surface area contributed by atoms with E-state index in [-0.39, 0.29) is 5.60 Å². The van der Waals surface area contributed by atoms with Gasteiger partial charge < -0.3 is 19.1 Å². The van der Waals surface area contributed by atoms with Crippen LogP contribution in [0.2, 0.25) is 0 Å². The van der Waals surface area contributed by atoms with Crippen molar-refractivity contribution < 1.29 is 14.2 Å². The molecule has 1 aromatic rings. The molecule has 2 atom stereocenters. The summed E-state index contributed by atoms with van der Waals surface area (Å²) >= 11 is 0. The fraction of sp³-hybridized carbons (Fsp3) is 0.714. The van der Waals surface area contributed by atoms with Crippen LogP contribution < -0.4 is 9.47 Å². The number of methoxy groups -OCH3 is 1. The van der Waals surface area contributed by atoms with Crippen molar-refractivity contribution >= 4 is 0 Å². The Morgan fingerprint density at radius 1 is 1.27 bits per heavy atom. The minimum absolute atomic E-state index is 0.0793. The number of nitrogens with zero attached hydrogens (tertiary/aromatic N) is 2. The molecule has 0 aromatic heterocycles. The molecular formula is C21H32N2O3. The highest BCUT2D eigenvalue weighted by atomic mass is 16.5. The Morgan fingerprint density at radius 3 is 3.00 bits per heavy atom. The van der Waals surface area contributed by atoms with Gasteiger partial charge in [-0.05, 0) is 57.0 Å². The second-order valence-corrected chi connectivity index (χ2v) is 8.31. The summed E-state index contributed by atoms with van der Waals surface area (Å²) in [5, 5.41) is 0. The molecule has 5 heteroatoms. The van der Waals surface area contributed by atoms with Gasteiger partial charge in [-0.1, -0.05) is 0 Å². The third-order valence-electron chi connectivity index (χ3n) is 6.16.